The highest BCUT2D eigenvalue weighted by molar-refractivity contribution is 5.73. The van der Waals surface area contributed by atoms with E-state index in [9.17, 15) is 5.11 Å². The minimum atomic E-state index is 0.220. The molecule has 13 heavy (non-hydrogen) atoms. The van der Waals surface area contributed by atoms with E-state index in [0.29, 0.717) is 5.88 Å². The molecule has 2 aromatic rings. The SMILES string of the molecule is Nc1occc1-c1cccc(O)c1. The summed E-state index contributed by atoms with van der Waals surface area (Å²) in [5.41, 5.74) is 7.23. The zero-order chi connectivity index (χ0) is 9.26. The van der Waals surface area contributed by atoms with Gasteiger partial charge in [-0.25, -0.2) is 0 Å². The second-order valence-corrected chi connectivity index (χ2v) is 2.75. The molecule has 0 bridgehead atoms. The van der Waals surface area contributed by atoms with Crippen LogP contribution in [0.3, 0.4) is 0 Å². The smallest absolute Gasteiger partial charge is 0.197 e. The zero-order valence-electron chi connectivity index (χ0n) is 6.90. The monoisotopic (exact) mass is 175 g/mol. The Morgan fingerprint density at radius 2 is 2.08 bits per heavy atom. The number of anilines is 1. The number of rotatable bonds is 1. The lowest BCUT2D eigenvalue weighted by Gasteiger charge is -1.98. The normalized spacial score (nSPS) is 10.2. The average Bonchev–Trinajstić information content (AvgIpc) is 2.51. The van der Waals surface area contributed by atoms with Gasteiger partial charge < -0.3 is 15.3 Å². The van der Waals surface area contributed by atoms with Gasteiger partial charge in [-0.15, -0.1) is 0 Å². The summed E-state index contributed by atoms with van der Waals surface area (Å²) in [6.45, 7) is 0. The third-order valence-electron chi connectivity index (χ3n) is 1.85. The van der Waals surface area contributed by atoms with Crippen molar-refractivity contribution in [2.24, 2.45) is 0 Å². The Kier molecular flexibility index (Phi) is 1.70. The van der Waals surface area contributed by atoms with Crippen LogP contribution in [-0.4, -0.2) is 5.11 Å². The van der Waals surface area contributed by atoms with Crippen LogP contribution in [0.4, 0.5) is 5.88 Å². The number of phenolic OH excluding ortho intramolecular Hbond substituents is 1. The molecular weight excluding hydrogens is 166 g/mol. The zero-order valence-corrected chi connectivity index (χ0v) is 6.90. The molecule has 0 aliphatic rings. The lowest BCUT2D eigenvalue weighted by molar-refractivity contribution is 0.475. The standard InChI is InChI=1S/C10H9NO2/c11-10-9(4-5-13-10)7-2-1-3-8(12)6-7/h1-6,12H,11H2. The van der Waals surface area contributed by atoms with Gasteiger partial charge in [0.15, 0.2) is 5.88 Å². The number of hydrogen-bond donors (Lipinski definition) is 2. The quantitative estimate of drug-likeness (QED) is 0.698. The van der Waals surface area contributed by atoms with Crippen molar-refractivity contribution in [3.05, 3.63) is 36.6 Å². The summed E-state index contributed by atoms with van der Waals surface area (Å²) in [7, 11) is 0. The van der Waals surface area contributed by atoms with Gasteiger partial charge in [-0.2, -0.15) is 0 Å². The highest BCUT2D eigenvalue weighted by atomic mass is 16.3. The first-order valence-corrected chi connectivity index (χ1v) is 3.90. The molecule has 1 aromatic carbocycles. The largest absolute Gasteiger partial charge is 0.508 e. The lowest BCUT2D eigenvalue weighted by atomic mass is 10.1. The Morgan fingerprint density at radius 3 is 2.69 bits per heavy atom. The van der Waals surface area contributed by atoms with E-state index < -0.39 is 0 Å². The number of nitrogen functional groups attached to an aromatic ring is 1. The molecule has 0 atom stereocenters. The van der Waals surface area contributed by atoms with Gasteiger partial charge in [0, 0.05) is 5.56 Å². The van der Waals surface area contributed by atoms with Crippen LogP contribution in [-0.2, 0) is 0 Å². The van der Waals surface area contributed by atoms with Crippen molar-refractivity contribution in [3.63, 3.8) is 0 Å². The molecule has 2 rings (SSSR count). The van der Waals surface area contributed by atoms with Crippen LogP contribution in [0.15, 0.2) is 41.0 Å². The molecule has 1 aromatic heterocycles. The summed E-state index contributed by atoms with van der Waals surface area (Å²) >= 11 is 0. The topological polar surface area (TPSA) is 59.4 Å². The van der Waals surface area contributed by atoms with Gasteiger partial charge in [0.2, 0.25) is 0 Å². The maximum absolute atomic E-state index is 9.23. The predicted molar refractivity (Wildman–Crippen MR) is 50.2 cm³/mol. The fourth-order valence-corrected chi connectivity index (χ4v) is 1.23. The molecule has 0 radical (unpaired) electrons. The van der Waals surface area contributed by atoms with Crippen molar-refractivity contribution in [1.29, 1.82) is 0 Å². The molecule has 0 saturated carbocycles. The molecule has 0 amide bonds. The van der Waals surface area contributed by atoms with Crippen LogP contribution >= 0.6 is 0 Å². The third-order valence-corrected chi connectivity index (χ3v) is 1.85. The Hall–Kier alpha value is -1.90. The fourth-order valence-electron chi connectivity index (χ4n) is 1.23. The number of benzene rings is 1. The molecule has 1 heterocycles. The van der Waals surface area contributed by atoms with Crippen LogP contribution in [0, 0.1) is 0 Å². The van der Waals surface area contributed by atoms with Crippen LogP contribution in [0.25, 0.3) is 11.1 Å². The van der Waals surface area contributed by atoms with Gasteiger partial charge in [0.25, 0.3) is 0 Å². The van der Waals surface area contributed by atoms with Crippen LogP contribution in [0.5, 0.6) is 5.75 Å². The van der Waals surface area contributed by atoms with E-state index in [4.69, 9.17) is 10.2 Å². The summed E-state index contributed by atoms with van der Waals surface area (Å²) in [5.74, 6) is 0.587. The third kappa shape index (κ3) is 1.36. The molecular formula is C10H9NO2. The van der Waals surface area contributed by atoms with Crippen molar-refractivity contribution in [1.82, 2.24) is 0 Å². The first-order valence-electron chi connectivity index (χ1n) is 3.90. The first kappa shape index (κ1) is 7.73. The van der Waals surface area contributed by atoms with Crippen molar-refractivity contribution in [2.75, 3.05) is 5.73 Å². The van der Waals surface area contributed by atoms with Gasteiger partial charge in [0.05, 0.1) is 6.26 Å². The van der Waals surface area contributed by atoms with E-state index in [1.807, 2.05) is 6.07 Å². The summed E-state index contributed by atoms with van der Waals surface area (Å²) in [6.07, 6.45) is 1.52. The number of nitrogens with two attached hydrogens (primary N) is 1. The molecule has 0 saturated heterocycles. The number of furan rings is 1. The van der Waals surface area contributed by atoms with Crippen molar-refractivity contribution < 1.29 is 9.52 Å². The minimum absolute atomic E-state index is 0.220. The van der Waals surface area contributed by atoms with E-state index in [0.717, 1.165) is 11.1 Å². The van der Waals surface area contributed by atoms with E-state index >= 15 is 0 Å². The molecule has 3 nitrogen and oxygen atoms in total. The maximum atomic E-state index is 9.23. The molecule has 0 aliphatic carbocycles. The number of aromatic hydroxyl groups is 1. The van der Waals surface area contributed by atoms with Gasteiger partial charge >= 0.3 is 0 Å². The highest BCUT2D eigenvalue weighted by Crippen LogP contribution is 2.28. The minimum Gasteiger partial charge on any atom is -0.508 e. The van der Waals surface area contributed by atoms with Gasteiger partial charge in [-0.1, -0.05) is 12.1 Å². The van der Waals surface area contributed by atoms with Crippen molar-refractivity contribution in [3.8, 4) is 16.9 Å². The summed E-state index contributed by atoms with van der Waals surface area (Å²) in [6, 6.07) is 8.64. The van der Waals surface area contributed by atoms with E-state index in [1.54, 1.807) is 24.3 Å². The lowest BCUT2D eigenvalue weighted by Crippen LogP contribution is -1.83. The van der Waals surface area contributed by atoms with Crippen LogP contribution < -0.4 is 5.73 Å². The molecule has 0 fully saturated rings. The Bertz CT molecular complexity index is 420. The van der Waals surface area contributed by atoms with Crippen LogP contribution in [0.1, 0.15) is 0 Å². The molecule has 0 spiro atoms. The van der Waals surface area contributed by atoms with Crippen LogP contribution in [0.2, 0.25) is 0 Å². The van der Waals surface area contributed by atoms with Crippen molar-refractivity contribution in [2.45, 2.75) is 0 Å². The second kappa shape index (κ2) is 2.86. The molecule has 0 unspecified atom stereocenters. The summed E-state index contributed by atoms with van der Waals surface area (Å²) < 4.78 is 4.95. The summed E-state index contributed by atoms with van der Waals surface area (Å²) in [5, 5.41) is 9.23. The van der Waals surface area contributed by atoms with Gasteiger partial charge in [-0.3, -0.25) is 0 Å². The van der Waals surface area contributed by atoms with Gasteiger partial charge in [-0.05, 0) is 23.8 Å². The van der Waals surface area contributed by atoms with E-state index in [2.05, 4.69) is 0 Å². The van der Waals surface area contributed by atoms with Gasteiger partial charge in [0.1, 0.15) is 5.75 Å². The molecule has 3 heteroatoms. The highest BCUT2D eigenvalue weighted by Gasteiger charge is 2.04. The molecule has 3 N–H and O–H groups in total. The summed E-state index contributed by atoms with van der Waals surface area (Å²) in [4.78, 5) is 0. The Morgan fingerprint density at radius 1 is 1.23 bits per heavy atom. The maximum Gasteiger partial charge on any atom is 0.197 e. The van der Waals surface area contributed by atoms with E-state index in [1.165, 1.54) is 6.26 Å². The van der Waals surface area contributed by atoms with Crippen molar-refractivity contribution >= 4 is 5.88 Å². The second-order valence-electron chi connectivity index (χ2n) is 2.75. The first-order chi connectivity index (χ1) is 6.27. The molecule has 0 aliphatic heterocycles. The fraction of sp³-hybridized carbons (Fsp3) is 0. The molecule has 66 valence electrons. The predicted octanol–water partition coefficient (Wildman–Crippen LogP) is 2.23. The Balaban J connectivity index is 2.53. The number of phenols is 1. The van der Waals surface area contributed by atoms with E-state index in [-0.39, 0.29) is 5.75 Å². The average molecular weight is 175 g/mol. The Labute approximate surface area is 75.4 Å². The number of hydrogen-bond acceptors (Lipinski definition) is 3.